The Morgan fingerprint density at radius 2 is 1.80 bits per heavy atom. The van der Waals surface area contributed by atoms with Gasteiger partial charge < -0.3 is 10.2 Å². The van der Waals surface area contributed by atoms with Gasteiger partial charge in [0.15, 0.2) is 5.76 Å². The van der Waals surface area contributed by atoms with E-state index < -0.39 is 23.5 Å². The van der Waals surface area contributed by atoms with Crippen molar-refractivity contribution in [1.29, 1.82) is 0 Å². The number of aliphatic hydroxyl groups excluding tert-OH is 1. The molecule has 1 aliphatic rings. The third-order valence-electron chi connectivity index (χ3n) is 5.87. The van der Waals surface area contributed by atoms with E-state index >= 15 is 0 Å². The molecule has 5 rings (SSSR count). The molecule has 2 aromatic heterocycles. The summed E-state index contributed by atoms with van der Waals surface area (Å²) in [4.78, 5) is 37.5. The van der Waals surface area contributed by atoms with Crippen molar-refractivity contribution in [3.8, 4) is 16.3 Å². The highest BCUT2D eigenvalue weighted by Gasteiger charge is 2.46. The number of ketones is 1. The number of rotatable bonds is 5. The zero-order chi connectivity index (χ0) is 24.7. The fraction of sp³-hybridized carbons (Fsp3) is 0.111. The number of nitrogens with zero attached hydrogens (tertiary/aromatic N) is 3. The highest BCUT2D eigenvalue weighted by atomic mass is 32.1. The minimum Gasteiger partial charge on any atom is -0.506 e. The molecule has 1 atom stereocenters. The van der Waals surface area contributed by atoms with Gasteiger partial charge in [0.05, 0.1) is 27.9 Å². The first kappa shape index (κ1) is 22.5. The standard InChI is InChI=1S/C27H21N3O4S/c1-15-10-11-20(31)19(13-15)30-22(18-9-6-12-28-14-18)21(24(33)27(30)34)23(32)25-16(2)29-26(35-25)17-7-4-3-5-8-17/h3-14,22,31,33H,1-2H3. The van der Waals surface area contributed by atoms with Crippen LogP contribution in [0.3, 0.4) is 0 Å². The number of hydrogen-bond donors (Lipinski definition) is 2. The molecule has 0 fully saturated rings. The Kier molecular flexibility index (Phi) is 5.66. The molecule has 3 heterocycles. The van der Waals surface area contributed by atoms with E-state index in [0.717, 1.165) is 11.1 Å². The van der Waals surface area contributed by atoms with Gasteiger partial charge in [-0.2, -0.15) is 0 Å². The molecule has 0 spiro atoms. The summed E-state index contributed by atoms with van der Waals surface area (Å²) in [5.74, 6) is -2.05. The number of carbonyl (C=O) groups excluding carboxylic acids is 2. The average Bonchev–Trinajstić information content (AvgIpc) is 3.39. The second-order valence-corrected chi connectivity index (χ2v) is 9.25. The smallest absolute Gasteiger partial charge is 0.294 e. The Morgan fingerprint density at radius 1 is 1.03 bits per heavy atom. The number of aromatic nitrogens is 2. The fourth-order valence-corrected chi connectivity index (χ4v) is 5.22. The lowest BCUT2D eigenvalue weighted by atomic mass is 9.95. The van der Waals surface area contributed by atoms with Gasteiger partial charge in [0.25, 0.3) is 5.91 Å². The number of thiazole rings is 1. The first-order valence-electron chi connectivity index (χ1n) is 10.9. The van der Waals surface area contributed by atoms with E-state index in [1.165, 1.54) is 22.3 Å². The number of aliphatic hydroxyl groups is 1. The number of anilines is 1. The maximum Gasteiger partial charge on any atom is 0.294 e. The van der Waals surface area contributed by atoms with Crippen LogP contribution in [0.4, 0.5) is 5.69 Å². The van der Waals surface area contributed by atoms with Crippen molar-refractivity contribution < 1.29 is 19.8 Å². The van der Waals surface area contributed by atoms with Gasteiger partial charge in [0.2, 0.25) is 5.78 Å². The summed E-state index contributed by atoms with van der Waals surface area (Å²) >= 11 is 1.21. The second-order valence-electron chi connectivity index (χ2n) is 8.25. The molecule has 0 aliphatic carbocycles. The van der Waals surface area contributed by atoms with Gasteiger partial charge in [-0.15, -0.1) is 11.3 Å². The van der Waals surface area contributed by atoms with Crippen LogP contribution in [0.15, 0.2) is 84.4 Å². The number of aryl methyl sites for hydroxylation is 2. The first-order chi connectivity index (χ1) is 16.9. The summed E-state index contributed by atoms with van der Waals surface area (Å²) in [7, 11) is 0. The van der Waals surface area contributed by atoms with E-state index in [9.17, 15) is 19.8 Å². The third-order valence-corrected chi connectivity index (χ3v) is 7.07. The summed E-state index contributed by atoms with van der Waals surface area (Å²) in [5, 5.41) is 22.2. The molecule has 2 aromatic carbocycles. The highest BCUT2D eigenvalue weighted by Crippen LogP contribution is 2.45. The van der Waals surface area contributed by atoms with Crippen LogP contribution in [0.2, 0.25) is 0 Å². The van der Waals surface area contributed by atoms with Gasteiger partial charge >= 0.3 is 0 Å². The van der Waals surface area contributed by atoms with E-state index in [2.05, 4.69) is 9.97 Å². The Morgan fingerprint density at radius 3 is 2.51 bits per heavy atom. The topological polar surface area (TPSA) is 104 Å². The number of phenolic OH excluding ortho intramolecular Hbond substituents is 1. The number of hydrogen-bond acceptors (Lipinski definition) is 7. The van der Waals surface area contributed by atoms with Gasteiger partial charge in [-0.05, 0) is 43.2 Å². The van der Waals surface area contributed by atoms with Crippen molar-refractivity contribution in [2.75, 3.05) is 4.90 Å². The number of carbonyl (C=O) groups is 2. The molecule has 4 aromatic rings. The molecule has 2 N–H and O–H groups in total. The summed E-state index contributed by atoms with van der Waals surface area (Å²) in [6.07, 6.45) is 3.12. The first-order valence-corrected chi connectivity index (χ1v) is 11.7. The van der Waals surface area contributed by atoms with E-state index in [1.54, 1.807) is 43.6 Å². The SMILES string of the molecule is Cc1ccc(O)c(N2C(=O)C(O)=C(C(=O)c3sc(-c4ccccc4)nc3C)C2c2cccnc2)c1. The predicted molar refractivity (Wildman–Crippen MR) is 134 cm³/mol. The predicted octanol–water partition coefficient (Wildman–Crippen LogP) is 5.31. The molecule has 1 amide bonds. The van der Waals surface area contributed by atoms with E-state index in [-0.39, 0.29) is 17.0 Å². The Bertz CT molecular complexity index is 1480. The largest absolute Gasteiger partial charge is 0.506 e. The van der Waals surface area contributed by atoms with Gasteiger partial charge in [0, 0.05) is 18.0 Å². The van der Waals surface area contributed by atoms with Crippen molar-refractivity contribution in [3.63, 3.8) is 0 Å². The zero-order valence-electron chi connectivity index (χ0n) is 19.0. The summed E-state index contributed by atoms with van der Waals surface area (Å²) in [6, 6.07) is 16.8. The van der Waals surface area contributed by atoms with E-state index in [4.69, 9.17) is 0 Å². The molecule has 7 nitrogen and oxygen atoms in total. The van der Waals surface area contributed by atoms with Crippen molar-refractivity contribution in [1.82, 2.24) is 9.97 Å². The second kappa shape index (κ2) is 8.81. The molecule has 174 valence electrons. The zero-order valence-corrected chi connectivity index (χ0v) is 19.8. The molecule has 0 bridgehead atoms. The lowest BCUT2D eigenvalue weighted by molar-refractivity contribution is -0.117. The van der Waals surface area contributed by atoms with E-state index in [0.29, 0.717) is 21.1 Å². The summed E-state index contributed by atoms with van der Waals surface area (Å²) < 4.78 is 0. The Balaban J connectivity index is 1.65. The minimum absolute atomic E-state index is 0.0738. The molecule has 0 radical (unpaired) electrons. The van der Waals surface area contributed by atoms with Gasteiger partial charge in [0.1, 0.15) is 10.8 Å². The maximum absolute atomic E-state index is 13.9. The Hall–Kier alpha value is -4.30. The summed E-state index contributed by atoms with van der Waals surface area (Å²) in [6.45, 7) is 3.56. The van der Waals surface area contributed by atoms with Crippen LogP contribution in [0, 0.1) is 13.8 Å². The van der Waals surface area contributed by atoms with Crippen molar-refractivity contribution in [2.45, 2.75) is 19.9 Å². The maximum atomic E-state index is 13.9. The normalized spacial score (nSPS) is 15.7. The van der Waals surface area contributed by atoms with Crippen molar-refractivity contribution in [2.24, 2.45) is 0 Å². The van der Waals surface area contributed by atoms with Crippen LogP contribution in [-0.4, -0.2) is 31.9 Å². The number of phenols is 1. The van der Waals surface area contributed by atoms with Gasteiger partial charge in [-0.3, -0.25) is 19.5 Å². The van der Waals surface area contributed by atoms with Crippen LogP contribution in [0.25, 0.3) is 10.6 Å². The monoisotopic (exact) mass is 483 g/mol. The van der Waals surface area contributed by atoms with Crippen molar-refractivity contribution in [3.05, 3.63) is 106 Å². The number of pyridine rings is 1. The van der Waals surface area contributed by atoms with Crippen LogP contribution >= 0.6 is 11.3 Å². The average molecular weight is 484 g/mol. The number of benzene rings is 2. The number of amides is 1. The van der Waals surface area contributed by atoms with Crippen LogP contribution in [0.1, 0.15) is 32.5 Å². The lowest BCUT2D eigenvalue weighted by Gasteiger charge is -2.27. The lowest BCUT2D eigenvalue weighted by Crippen LogP contribution is -2.31. The Labute approximate surface area is 205 Å². The minimum atomic E-state index is -0.974. The molecule has 0 saturated carbocycles. The number of aromatic hydroxyl groups is 1. The molecule has 0 saturated heterocycles. The molecule has 1 aliphatic heterocycles. The third kappa shape index (κ3) is 3.87. The quantitative estimate of drug-likeness (QED) is 0.373. The van der Waals surface area contributed by atoms with Gasteiger partial charge in [-0.25, -0.2) is 4.98 Å². The van der Waals surface area contributed by atoms with E-state index in [1.807, 2.05) is 37.3 Å². The van der Waals surface area contributed by atoms with Crippen LogP contribution < -0.4 is 4.90 Å². The fourth-order valence-electron chi connectivity index (χ4n) is 4.20. The molecular weight excluding hydrogens is 462 g/mol. The molecular formula is C27H21N3O4S. The molecule has 1 unspecified atom stereocenters. The van der Waals surface area contributed by atoms with Crippen LogP contribution in [-0.2, 0) is 4.79 Å². The highest BCUT2D eigenvalue weighted by molar-refractivity contribution is 7.17. The van der Waals surface area contributed by atoms with Gasteiger partial charge in [-0.1, -0.05) is 42.5 Å². The molecule has 35 heavy (non-hydrogen) atoms. The van der Waals surface area contributed by atoms with Crippen molar-refractivity contribution >= 4 is 28.7 Å². The number of Topliss-reactive ketones (excluding diaryl/α,β-unsaturated/α-hetero) is 1. The molecule has 8 heteroatoms. The van der Waals surface area contributed by atoms with Crippen LogP contribution in [0.5, 0.6) is 5.75 Å². The summed E-state index contributed by atoms with van der Waals surface area (Å²) in [5.41, 5.74) is 2.84.